The normalized spacial score (nSPS) is 10.8. The van der Waals surface area contributed by atoms with E-state index in [2.05, 4.69) is 6.07 Å². The van der Waals surface area contributed by atoms with Gasteiger partial charge in [0.05, 0.1) is 28.1 Å². The van der Waals surface area contributed by atoms with Gasteiger partial charge in [0.2, 0.25) is 5.91 Å². The average Bonchev–Trinajstić information content (AvgIpc) is 3.05. The summed E-state index contributed by atoms with van der Waals surface area (Å²) in [5.74, 6) is -1.30. The number of aliphatic carboxylic acids is 1. The Labute approximate surface area is 177 Å². The van der Waals surface area contributed by atoms with Crippen LogP contribution in [0.4, 0.5) is 0 Å². The monoisotopic (exact) mass is 413 g/mol. The van der Waals surface area contributed by atoms with Gasteiger partial charge in [-0.2, -0.15) is 5.26 Å². The fourth-order valence-corrected chi connectivity index (χ4v) is 3.91. The van der Waals surface area contributed by atoms with Gasteiger partial charge in [-0.25, -0.2) is 4.79 Å². The van der Waals surface area contributed by atoms with Gasteiger partial charge in [-0.3, -0.25) is 4.79 Å². The van der Waals surface area contributed by atoms with Crippen LogP contribution in [0.3, 0.4) is 0 Å². The summed E-state index contributed by atoms with van der Waals surface area (Å²) >= 11 is 0. The van der Waals surface area contributed by atoms with Gasteiger partial charge in [-0.05, 0) is 54.4 Å². The van der Waals surface area contributed by atoms with Crippen LogP contribution in [0.25, 0.3) is 21.8 Å². The summed E-state index contributed by atoms with van der Waals surface area (Å²) in [6.45, 7) is 1.83. The highest BCUT2D eigenvalue weighted by atomic mass is 16.5. The number of hydrogen-bond acceptors (Lipinski definition) is 4. The number of aromatic nitrogens is 1. The highest BCUT2D eigenvalue weighted by Crippen LogP contribution is 2.39. The fourth-order valence-electron chi connectivity index (χ4n) is 3.91. The Bertz CT molecular complexity index is 1400. The Morgan fingerprint density at radius 2 is 1.87 bits per heavy atom. The van der Waals surface area contributed by atoms with Crippen LogP contribution in [0, 0.1) is 18.3 Å². The maximum atomic E-state index is 12.2. The predicted molar refractivity (Wildman–Crippen MR) is 116 cm³/mol. The first-order valence-corrected chi connectivity index (χ1v) is 9.58. The van der Waals surface area contributed by atoms with Crippen molar-refractivity contribution >= 4 is 33.7 Å². The molecule has 0 saturated heterocycles. The molecule has 0 atom stereocenters. The Balaban J connectivity index is 2.05. The SMILES string of the molecule is Cc1cc(OCC(=O)O)c2c3c(C(N)=O)cccc3n(Cc3cccc(C#N)c3)c2c1. The minimum absolute atomic E-state index is 0.330. The van der Waals surface area contributed by atoms with Gasteiger partial charge in [-0.15, -0.1) is 0 Å². The molecule has 0 aliphatic rings. The summed E-state index contributed by atoms with van der Waals surface area (Å²) in [5.41, 5.74) is 9.88. The van der Waals surface area contributed by atoms with Crippen LogP contribution in [0.2, 0.25) is 0 Å². The minimum Gasteiger partial charge on any atom is -0.481 e. The van der Waals surface area contributed by atoms with Gasteiger partial charge in [0, 0.05) is 17.5 Å². The number of amides is 1. The number of primary amides is 1. The zero-order chi connectivity index (χ0) is 22.1. The molecule has 0 unspecified atom stereocenters. The van der Waals surface area contributed by atoms with Crippen LogP contribution in [0.15, 0.2) is 54.6 Å². The molecule has 7 nitrogen and oxygen atoms in total. The second kappa shape index (κ2) is 7.84. The van der Waals surface area contributed by atoms with Gasteiger partial charge in [0.25, 0.3) is 0 Å². The van der Waals surface area contributed by atoms with E-state index in [0.29, 0.717) is 34.2 Å². The molecule has 0 aliphatic carbocycles. The molecule has 0 saturated carbocycles. The topological polar surface area (TPSA) is 118 Å². The lowest BCUT2D eigenvalue weighted by atomic mass is 10.0. The maximum Gasteiger partial charge on any atom is 0.341 e. The first-order chi connectivity index (χ1) is 14.9. The van der Waals surface area contributed by atoms with Crippen molar-refractivity contribution in [3.05, 3.63) is 76.9 Å². The molecule has 31 heavy (non-hydrogen) atoms. The van der Waals surface area contributed by atoms with E-state index < -0.39 is 18.5 Å². The molecule has 0 bridgehead atoms. The lowest BCUT2D eigenvalue weighted by Crippen LogP contribution is -2.11. The van der Waals surface area contributed by atoms with Gasteiger partial charge in [-0.1, -0.05) is 18.2 Å². The summed E-state index contributed by atoms with van der Waals surface area (Å²) in [7, 11) is 0. The molecule has 7 heteroatoms. The predicted octanol–water partition coefficient (Wildman–Crippen LogP) is 3.59. The first-order valence-electron chi connectivity index (χ1n) is 9.58. The molecule has 4 aromatic rings. The number of carboxylic acid groups (broad SMARTS) is 1. The van der Waals surface area contributed by atoms with Gasteiger partial charge < -0.3 is 20.1 Å². The molecule has 4 rings (SSSR count). The van der Waals surface area contributed by atoms with Crippen molar-refractivity contribution in [2.45, 2.75) is 13.5 Å². The number of nitrogens with two attached hydrogens (primary N) is 1. The molecule has 1 aromatic heterocycles. The van der Waals surface area contributed by atoms with E-state index in [0.717, 1.165) is 22.2 Å². The van der Waals surface area contributed by atoms with Crippen LogP contribution in [0.5, 0.6) is 5.75 Å². The van der Waals surface area contributed by atoms with Crippen molar-refractivity contribution in [3.8, 4) is 11.8 Å². The Morgan fingerprint density at radius 1 is 1.10 bits per heavy atom. The van der Waals surface area contributed by atoms with Crippen LogP contribution >= 0.6 is 0 Å². The van der Waals surface area contributed by atoms with Crippen molar-refractivity contribution < 1.29 is 19.4 Å². The van der Waals surface area contributed by atoms with Crippen molar-refractivity contribution in [1.29, 1.82) is 5.26 Å². The maximum absolute atomic E-state index is 12.2. The smallest absolute Gasteiger partial charge is 0.341 e. The lowest BCUT2D eigenvalue weighted by molar-refractivity contribution is -0.139. The number of carboxylic acids is 1. The Morgan fingerprint density at radius 3 is 2.58 bits per heavy atom. The van der Waals surface area contributed by atoms with Crippen LogP contribution in [-0.2, 0) is 11.3 Å². The third kappa shape index (κ3) is 3.67. The summed E-state index contributed by atoms with van der Waals surface area (Å²) < 4.78 is 7.62. The second-order valence-electron chi connectivity index (χ2n) is 7.30. The van der Waals surface area contributed by atoms with E-state index in [1.165, 1.54) is 0 Å². The minimum atomic E-state index is -1.10. The van der Waals surface area contributed by atoms with Crippen LogP contribution in [0.1, 0.15) is 27.0 Å². The van der Waals surface area contributed by atoms with Crippen molar-refractivity contribution in [3.63, 3.8) is 0 Å². The molecule has 0 fully saturated rings. The van der Waals surface area contributed by atoms with E-state index in [9.17, 15) is 14.9 Å². The molecule has 0 radical (unpaired) electrons. The van der Waals surface area contributed by atoms with E-state index in [1.54, 1.807) is 24.3 Å². The van der Waals surface area contributed by atoms with E-state index in [1.807, 2.05) is 41.8 Å². The largest absolute Gasteiger partial charge is 0.481 e. The van der Waals surface area contributed by atoms with Gasteiger partial charge in [0.15, 0.2) is 6.61 Å². The molecule has 154 valence electrons. The van der Waals surface area contributed by atoms with E-state index in [-0.39, 0.29) is 0 Å². The molecular formula is C24H19N3O4. The third-order valence-electron chi connectivity index (χ3n) is 5.11. The second-order valence-corrected chi connectivity index (χ2v) is 7.30. The van der Waals surface area contributed by atoms with Crippen molar-refractivity contribution in [2.75, 3.05) is 6.61 Å². The molecule has 3 aromatic carbocycles. The number of ether oxygens (including phenoxy) is 1. The number of carbonyl (C=O) groups is 2. The number of aryl methyl sites for hydroxylation is 1. The van der Waals surface area contributed by atoms with Crippen molar-refractivity contribution in [2.24, 2.45) is 5.73 Å². The van der Waals surface area contributed by atoms with Crippen LogP contribution in [-0.4, -0.2) is 28.2 Å². The van der Waals surface area contributed by atoms with Gasteiger partial charge >= 0.3 is 5.97 Å². The zero-order valence-electron chi connectivity index (χ0n) is 16.8. The number of rotatable bonds is 6. The zero-order valence-corrected chi connectivity index (χ0v) is 16.8. The molecule has 1 heterocycles. The summed E-state index contributed by atoms with van der Waals surface area (Å²) in [5, 5.41) is 19.6. The number of benzene rings is 3. The lowest BCUT2D eigenvalue weighted by Gasteiger charge is -2.10. The number of nitriles is 1. The molecule has 0 spiro atoms. The quantitative estimate of drug-likeness (QED) is 0.501. The highest BCUT2D eigenvalue weighted by Gasteiger charge is 2.21. The Hall–Kier alpha value is -4.31. The first kappa shape index (κ1) is 20.0. The fraction of sp³-hybridized carbons (Fsp3) is 0.125. The van der Waals surface area contributed by atoms with Gasteiger partial charge in [0.1, 0.15) is 5.75 Å². The summed E-state index contributed by atoms with van der Waals surface area (Å²) in [6, 6.07) is 18.4. The standard InChI is InChI=1S/C24H19N3O4/c1-14-8-19-23(20(9-14)31-13-21(28)29)22-17(24(26)30)6-3-7-18(22)27(19)12-16-5-2-4-15(10-16)11-25/h2-10H,12-13H2,1H3,(H2,26,30)(H,28,29). The molecule has 1 amide bonds. The van der Waals surface area contributed by atoms with Crippen LogP contribution < -0.4 is 10.5 Å². The number of carbonyl (C=O) groups excluding carboxylic acids is 1. The van der Waals surface area contributed by atoms with E-state index in [4.69, 9.17) is 15.6 Å². The number of nitrogens with zero attached hydrogens (tertiary/aromatic N) is 2. The summed E-state index contributed by atoms with van der Waals surface area (Å²) in [4.78, 5) is 23.3. The Kier molecular flexibility index (Phi) is 5.05. The number of fused-ring (bicyclic) bond motifs is 3. The highest BCUT2D eigenvalue weighted by molar-refractivity contribution is 6.19. The molecular weight excluding hydrogens is 394 g/mol. The van der Waals surface area contributed by atoms with Crippen molar-refractivity contribution in [1.82, 2.24) is 4.57 Å². The van der Waals surface area contributed by atoms with E-state index >= 15 is 0 Å². The average molecular weight is 413 g/mol. The molecule has 0 aliphatic heterocycles. The summed E-state index contributed by atoms with van der Waals surface area (Å²) in [6.07, 6.45) is 0. The third-order valence-corrected chi connectivity index (χ3v) is 5.11. The number of hydrogen-bond donors (Lipinski definition) is 2. The molecule has 3 N–H and O–H groups in total.